The van der Waals surface area contributed by atoms with E-state index in [0.717, 1.165) is 5.01 Å². The van der Waals surface area contributed by atoms with Gasteiger partial charge in [0.25, 0.3) is 5.91 Å². The summed E-state index contributed by atoms with van der Waals surface area (Å²) >= 11 is 1.49. The van der Waals surface area contributed by atoms with Crippen LogP contribution in [-0.2, 0) is 15.7 Å². The van der Waals surface area contributed by atoms with E-state index < -0.39 is 16.9 Å². The van der Waals surface area contributed by atoms with Crippen LogP contribution < -0.4 is 10.9 Å². The van der Waals surface area contributed by atoms with E-state index in [4.69, 9.17) is 10.9 Å². The van der Waals surface area contributed by atoms with Crippen LogP contribution in [-0.4, -0.2) is 16.9 Å². The topological polar surface area (TPSA) is 94.4 Å². The number of hydrogen-bond acceptors (Lipinski definition) is 4. The maximum absolute atomic E-state index is 11.7. The number of aryl methyl sites for hydroxylation is 1. The van der Waals surface area contributed by atoms with Gasteiger partial charge in [0.15, 0.2) is 0 Å². The molecule has 2 unspecified atom stereocenters. The van der Waals surface area contributed by atoms with E-state index in [1.54, 1.807) is 0 Å². The first-order valence-electron chi connectivity index (χ1n) is 5.32. The van der Waals surface area contributed by atoms with Crippen molar-refractivity contribution in [2.75, 3.05) is 0 Å². The molecule has 0 radical (unpaired) electrons. The summed E-state index contributed by atoms with van der Waals surface area (Å²) in [6, 6.07) is -0.562. The summed E-state index contributed by atoms with van der Waals surface area (Å²) in [5, 5.41) is 9.19. The Morgan fingerprint density at radius 1 is 1.65 bits per heavy atom. The van der Waals surface area contributed by atoms with E-state index in [9.17, 15) is 4.79 Å². The minimum Gasteiger partial charge on any atom is -0.320 e. The Kier molecular flexibility index (Phi) is 5.38. The number of rotatable bonds is 4. The summed E-state index contributed by atoms with van der Waals surface area (Å²) in [6.07, 6.45) is 0.621. The van der Waals surface area contributed by atoms with Gasteiger partial charge >= 0.3 is 0 Å². The van der Waals surface area contributed by atoms with Gasteiger partial charge in [0.2, 0.25) is 0 Å². The van der Waals surface area contributed by atoms with Crippen molar-refractivity contribution in [3.05, 3.63) is 10.4 Å². The van der Waals surface area contributed by atoms with Gasteiger partial charge in [-0.3, -0.25) is 9.93 Å². The third-order valence-corrected chi connectivity index (χ3v) is 3.98. The van der Waals surface area contributed by atoms with Gasteiger partial charge in [-0.05, 0) is 19.3 Å². The molecule has 0 spiro atoms. The molecule has 0 bridgehead atoms. The lowest BCUT2D eigenvalue weighted by Crippen LogP contribution is -2.31. The van der Waals surface area contributed by atoms with Crippen LogP contribution in [0.3, 0.4) is 0 Å². The van der Waals surface area contributed by atoms with E-state index in [1.165, 1.54) is 11.3 Å². The SMILES string of the molecule is Cc1nc(S(N)=NC(=O)C(N)CC(C)C)cs1. The van der Waals surface area contributed by atoms with Gasteiger partial charge in [-0.25, -0.2) is 4.98 Å². The van der Waals surface area contributed by atoms with Crippen molar-refractivity contribution in [3.8, 4) is 0 Å². The van der Waals surface area contributed by atoms with Crippen LogP contribution in [0.2, 0.25) is 0 Å². The quantitative estimate of drug-likeness (QED) is 0.867. The Labute approximate surface area is 108 Å². The molecule has 5 nitrogen and oxygen atoms in total. The van der Waals surface area contributed by atoms with Crippen molar-refractivity contribution < 1.29 is 4.79 Å². The van der Waals surface area contributed by atoms with Crippen LogP contribution in [0.25, 0.3) is 0 Å². The van der Waals surface area contributed by atoms with Crippen molar-refractivity contribution in [3.63, 3.8) is 0 Å². The van der Waals surface area contributed by atoms with Gasteiger partial charge in [0, 0.05) is 16.3 Å². The molecule has 1 rings (SSSR count). The van der Waals surface area contributed by atoms with Crippen LogP contribution in [0.15, 0.2) is 14.8 Å². The number of aromatic nitrogens is 1. The van der Waals surface area contributed by atoms with Crippen LogP contribution in [0.4, 0.5) is 0 Å². The molecule has 0 fully saturated rings. The highest BCUT2D eigenvalue weighted by atomic mass is 32.2. The van der Waals surface area contributed by atoms with Gasteiger partial charge in [0.05, 0.1) is 11.0 Å². The van der Waals surface area contributed by atoms with E-state index >= 15 is 0 Å². The summed E-state index contributed by atoms with van der Waals surface area (Å²) in [5.41, 5.74) is 5.74. The highest BCUT2D eigenvalue weighted by Gasteiger charge is 2.15. The summed E-state index contributed by atoms with van der Waals surface area (Å²) in [5.74, 6) is 0.0282. The number of thiazole rings is 1. The van der Waals surface area contributed by atoms with Gasteiger partial charge < -0.3 is 5.73 Å². The molecule has 0 aliphatic rings. The number of nitrogens with zero attached hydrogens (tertiary/aromatic N) is 2. The van der Waals surface area contributed by atoms with Gasteiger partial charge in [-0.1, -0.05) is 13.8 Å². The molecular weight excluding hydrogens is 256 g/mol. The molecule has 2 atom stereocenters. The van der Waals surface area contributed by atoms with Crippen LogP contribution in [0, 0.1) is 12.8 Å². The molecule has 4 N–H and O–H groups in total. The monoisotopic (exact) mass is 274 g/mol. The lowest BCUT2D eigenvalue weighted by Gasteiger charge is -2.09. The molecule has 0 aliphatic heterocycles. The largest absolute Gasteiger partial charge is 0.320 e. The van der Waals surface area contributed by atoms with Crippen molar-refractivity contribution in [1.29, 1.82) is 0 Å². The number of hydrogen-bond donors (Lipinski definition) is 2. The smallest absolute Gasteiger partial charge is 0.270 e. The first-order chi connectivity index (χ1) is 7.90. The number of carbonyl (C=O) groups is 1. The van der Waals surface area contributed by atoms with Crippen LogP contribution in [0.1, 0.15) is 25.3 Å². The molecule has 0 saturated heterocycles. The second-order valence-corrected chi connectivity index (χ2v) is 6.48. The minimum atomic E-state index is -0.983. The molecule has 0 saturated carbocycles. The average Bonchev–Trinajstić information content (AvgIpc) is 2.63. The van der Waals surface area contributed by atoms with E-state index in [0.29, 0.717) is 17.4 Å². The lowest BCUT2D eigenvalue weighted by atomic mass is 10.0. The molecule has 1 heterocycles. The summed E-state index contributed by atoms with van der Waals surface area (Å²) < 4.78 is 3.90. The normalized spacial score (nSPS) is 15.2. The van der Waals surface area contributed by atoms with Crippen molar-refractivity contribution in [2.24, 2.45) is 21.2 Å². The molecule has 0 aliphatic carbocycles. The summed E-state index contributed by atoms with van der Waals surface area (Å²) in [6.45, 7) is 5.91. The fourth-order valence-electron chi connectivity index (χ4n) is 1.26. The van der Waals surface area contributed by atoms with E-state index in [2.05, 4.69) is 9.35 Å². The fourth-order valence-corrected chi connectivity index (χ4v) is 2.98. The van der Waals surface area contributed by atoms with E-state index in [-0.39, 0.29) is 5.91 Å². The number of amides is 1. The highest BCUT2D eigenvalue weighted by molar-refractivity contribution is 7.85. The first kappa shape index (κ1) is 14.4. The first-order valence-corrected chi connectivity index (χ1v) is 7.44. The number of nitrogens with two attached hydrogens (primary N) is 2. The third kappa shape index (κ3) is 4.63. The predicted octanol–water partition coefficient (Wildman–Crippen LogP) is 1.39. The van der Waals surface area contributed by atoms with Gasteiger partial charge in [0.1, 0.15) is 5.03 Å². The van der Waals surface area contributed by atoms with Crippen molar-refractivity contribution in [2.45, 2.75) is 38.3 Å². The molecule has 7 heteroatoms. The third-order valence-electron chi connectivity index (χ3n) is 2.04. The Balaban J connectivity index is 2.71. The molecule has 0 aromatic carbocycles. The second-order valence-electron chi connectivity index (χ2n) is 4.18. The maximum Gasteiger partial charge on any atom is 0.270 e. The Morgan fingerprint density at radius 3 is 2.76 bits per heavy atom. The average molecular weight is 274 g/mol. The summed E-state index contributed by atoms with van der Waals surface area (Å²) in [4.78, 5) is 15.9. The standard InChI is InChI=1S/C10H18N4OS2/c1-6(2)4-8(11)10(15)14-17(12)9-5-16-7(3)13-9/h5-6,8H,4,11H2,1-3H3,(H2,12,14,15). The van der Waals surface area contributed by atoms with E-state index in [1.807, 2.05) is 26.2 Å². The van der Waals surface area contributed by atoms with Crippen LogP contribution in [0.5, 0.6) is 0 Å². The lowest BCUT2D eigenvalue weighted by molar-refractivity contribution is -0.119. The fraction of sp³-hybridized carbons (Fsp3) is 0.600. The highest BCUT2D eigenvalue weighted by Crippen LogP contribution is 2.11. The zero-order valence-electron chi connectivity index (χ0n) is 10.2. The zero-order chi connectivity index (χ0) is 13.0. The second kappa shape index (κ2) is 6.34. The Hall–Kier alpha value is -0.630. The molecule has 17 heavy (non-hydrogen) atoms. The molecule has 96 valence electrons. The molecule has 1 amide bonds. The zero-order valence-corrected chi connectivity index (χ0v) is 11.8. The molecular formula is C10H18N4OS2. The molecule has 1 aromatic heterocycles. The van der Waals surface area contributed by atoms with Gasteiger partial charge in [-0.2, -0.15) is 4.36 Å². The minimum absolute atomic E-state index is 0.338. The summed E-state index contributed by atoms with van der Waals surface area (Å²) in [7, 11) is -0.983. The number of carbonyl (C=O) groups excluding carboxylic acids is 1. The maximum atomic E-state index is 11.7. The Morgan fingerprint density at radius 2 is 2.29 bits per heavy atom. The molecule has 1 aromatic rings. The van der Waals surface area contributed by atoms with Crippen molar-refractivity contribution >= 4 is 28.1 Å². The Bertz CT molecular complexity index is 428. The predicted molar refractivity (Wildman–Crippen MR) is 71.5 cm³/mol. The van der Waals surface area contributed by atoms with Crippen molar-refractivity contribution in [1.82, 2.24) is 4.98 Å². The van der Waals surface area contributed by atoms with Gasteiger partial charge in [-0.15, -0.1) is 11.3 Å². The van der Waals surface area contributed by atoms with Crippen LogP contribution >= 0.6 is 11.3 Å².